The number of fused-ring (bicyclic) bond motifs is 1. The van der Waals surface area contributed by atoms with Gasteiger partial charge in [0.2, 0.25) is 5.91 Å². The molecule has 4 aromatic rings. The minimum absolute atomic E-state index is 0.0599. The fourth-order valence-corrected chi connectivity index (χ4v) is 4.42. The summed E-state index contributed by atoms with van der Waals surface area (Å²) >= 11 is 0. The Hall–Kier alpha value is -4.13. The van der Waals surface area contributed by atoms with E-state index in [0.717, 1.165) is 46.3 Å². The maximum Gasteiger partial charge on any atom is 0.220 e. The second-order valence-corrected chi connectivity index (χ2v) is 8.65. The molecule has 0 unspecified atom stereocenters. The van der Waals surface area contributed by atoms with Gasteiger partial charge < -0.3 is 20.4 Å². The summed E-state index contributed by atoms with van der Waals surface area (Å²) in [6, 6.07) is 18.5. The van der Waals surface area contributed by atoms with Gasteiger partial charge in [-0.25, -0.2) is 9.97 Å². The number of amides is 1. The summed E-state index contributed by atoms with van der Waals surface area (Å²) in [5.74, 6) is 1.63. The standard InChI is InChI=1S/C27H27N5O2/c1-18(33)29-11-10-20-12-22(13-20)32-15-24(25-26(28)30-17-31-27(25)32)21-8-5-9-23(14-21)34-16-19-6-3-2-4-7-19/h2-11,14-15,17,20,22H,12-13,16H2,1H3,(H,29,33)(H2,28,30,31)/b11-10+. The summed E-state index contributed by atoms with van der Waals surface area (Å²) in [6.45, 7) is 2.01. The van der Waals surface area contributed by atoms with E-state index in [1.165, 1.54) is 13.3 Å². The van der Waals surface area contributed by atoms with Crippen LogP contribution in [-0.2, 0) is 11.4 Å². The second-order valence-electron chi connectivity index (χ2n) is 8.65. The van der Waals surface area contributed by atoms with E-state index in [1.807, 2.05) is 48.5 Å². The van der Waals surface area contributed by atoms with Crippen LogP contribution >= 0.6 is 0 Å². The molecule has 1 aliphatic rings. The van der Waals surface area contributed by atoms with Gasteiger partial charge >= 0.3 is 0 Å². The van der Waals surface area contributed by atoms with Crippen molar-refractivity contribution < 1.29 is 9.53 Å². The number of ether oxygens (including phenoxy) is 1. The molecule has 2 aromatic heterocycles. The summed E-state index contributed by atoms with van der Waals surface area (Å²) in [6.07, 6.45) is 9.40. The van der Waals surface area contributed by atoms with E-state index in [0.29, 0.717) is 24.4 Å². The Balaban J connectivity index is 1.40. The number of nitrogens with one attached hydrogen (secondary N) is 1. The van der Waals surface area contributed by atoms with Gasteiger partial charge in [0.05, 0.1) is 5.39 Å². The molecule has 3 N–H and O–H groups in total. The zero-order valence-electron chi connectivity index (χ0n) is 19.0. The van der Waals surface area contributed by atoms with Crippen molar-refractivity contribution in [2.45, 2.75) is 32.4 Å². The third kappa shape index (κ3) is 4.50. The summed E-state index contributed by atoms with van der Waals surface area (Å²) in [4.78, 5) is 19.9. The lowest BCUT2D eigenvalue weighted by molar-refractivity contribution is -0.118. The summed E-state index contributed by atoms with van der Waals surface area (Å²) in [5.41, 5.74) is 10.3. The number of aromatic nitrogens is 3. The molecule has 7 heteroatoms. The van der Waals surface area contributed by atoms with Crippen LogP contribution in [0.2, 0.25) is 0 Å². The number of nitrogens with zero attached hydrogens (tertiary/aromatic N) is 3. The predicted molar refractivity (Wildman–Crippen MR) is 133 cm³/mol. The van der Waals surface area contributed by atoms with Crippen molar-refractivity contribution in [2.24, 2.45) is 5.92 Å². The molecule has 1 amide bonds. The SMILES string of the molecule is CC(=O)N/C=C/C1CC(n2cc(-c3cccc(OCc4ccccc4)c3)c3c(N)ncnc32)C1. The number of nitrogen functional groups attached to an aromatic ring is 1. The fourth-order valence-electron chi connectivity index (χ4n) is 4.42. The first-order valence-corrected chi connectivity index (χ1v) is 11.4. The molecule has 0 spiro atoms. The van der Waals surface area contributed by atoms with Gasteiger partial charge in [-0.1, -0.05) is 48.5 Å². The molecule has 172 valence electrons. The first-order valence-electron chi connectivity index (χ1n) is 11.4. The van der Waals surface area contributed by atoms with Gasteiger partial charge in [-0.3, -0.25) is 4.79 Å². The average Bonchev–Trinajstić information content (AvgIpc) is 3.20. The highest BCUT2D eigenvalue weighted by atomic mass is 16.5. The van der Waals surface area contributed by atoms with Crippen molar-refractivity contribution in [3.8, 4) is 16.9 Å². The minimum atomic E-state index is -0.0599. The van der Waals surface area contributed by atoms with Gasteiger partial charge in [-0.2, -0.15) is 0 Å². The van der Waals surface area contributed by atoms with Crippen LogP contribution in [0.5, 0.6) is 5.75 Å². The quantitative estimate of drug-likeness (QED) is 0.417. The van der Waals surface area contributed by atoms with E-state index in [4.69, 9.17) is 10.5 Å². The van der Waals surface area contributed by atoms with Gasteiger partial charge in [0, 0.05) is 24.7 Å². The Bertz CT molecular complexity index is 1340. The Morgan fingerprint density at radius 3 is 2.79 bits per heavy atom. The molecule has 1 aliphatic carbocycles. The Kier molecular flexibility index (Phi) is 5.99. The van der Waals surface area contributed by atoms with Gasteiger partial charge in [0.1, 0.15) is 30.1 Å². The Morgan fingerprint density at radius 2 is 2.00 bits per heavy atom. The lowest BCUT2D eigenvalue weighted by atomic mass is 9.80. The molecule has 34 heavy (non-hydrogen) atoms. The van der Waals surface area contributed by atoms with E-state index >= 15 is 0 Å². The monoisotopic (exact) mass is 453 g/mol. The highest BCUT2D eigenvalue weighted by Gasteiger charge is 2.31. The number of hydrogen-bond acceptors (Lipinski definition) is 5. The number of nitrogens with two attached hydrogens (primary N) is 1. The van der Waals surface area contributed by atoms with Gasteiger partial charge in [0.15, 0.2) is 0 Å². The van der Waals surface area contributed by atoms with Crippen molar-refractivity contribution in [3.63, 3.8) is 0 Å². The molecule has 0 saturated heterocycles. The van der Waals surface area contributed by atoms with E-state index in [2.05, 4.69) is 38.2 Å². The molecular weight excluding hydrogens is 426 g/mol. The zero-order valence-corrected chi connectivity index (χ0v) is 19.0. The molecule has 5 rings (SSSR count). The smallest absolute Gasteiger partial charge is 0.220 e. The van der Waals surface area contributed by atoms with Gasteiger partial charge in [-0.15, -0.1) is 0 Å². The Labute approximate surface area is 198 Å². The van der Waals surface area contributed by atoms with Gasteiger partial charge in [-0.05, 0) is 48.2 Å². The third-order valence-electron chi connectivity index (χ3n) is 6.23. The summed E-state index contributed by atoms with van der Waals surface area (Å²) < 4.78 is 8.26. The van der Waals surface area contributed by atoms with Crippen LogP contribution in [0.25, 0.3) is 22.2 Å². The summed E-state index contributed by atoms with van der Waals surface area (Å²) in [5, 5.41) is 3.57. The molecule has 2 aromatic carbocycles. The topological polar surface area (TPSA) is 95.1 Å². The van der Waals surface area contributed by atoms with Crippen LogP contribution in [0.4, 0.5) is 5.82 Å². The fraction of sp³-hybridized carbons (Fsp3) is 0.222. The Morgan fingerprint density at radius 1 is 1.18 bits per heavy atom. The number of carbonyl (C=O) groups excluding carboxylic acids is 1. The number of anilines is 1. The first kappa shape index (κ1) is 21.7. The lowest BCUT2D eigenvalue weighted by Gasteiger charge is -2.34. The molecule has 0 atom stereocenters. The van der Waals surface area contributed by atoms with Crippen LogP contribution < -0.4 is 15.8 Å². The van der Waals surface area contributed by atoms with Crippen LogP contribution in [-0.4, -0.2) is 20.4 Å². The molecule has 7 nitrogen and oxygen atoms in total. The second kappa shape index (κ2) is 9.39. The van der Waals surface area contributed by atoms with E-state index in [9.17, 15) is 4.79 Å². The van der Waals surface area contributed by atoms with Crippen molar-refractivity contribution in [2.75, 3.05) is 5.73 Å². The van der Waals surface area contributed by atoms with Crippen molar-refractivity contribution >= 4 is 22.8 Å². The number of allylic oxidation sites excluding steroid dienone is 1. The molecule has 0 bridgehead atoms. The van der Waals surface area contributed by atoms with Crippen molar-refractivity contribution in [1.29, 1.82) is 0 Å². The molecular formula is C27H27N5O2. The number of carbonyl (C=O) groups is 1. The van der Waals surface area contributed by atoms with Crippen molar-refractivity contribution in [3.05, 3.63) is 85.0 Å². The van der Waals surface area contributed by atoms with Crippen LogP contribution in [0, 0.1) is 5.92 Å². The maximum atomic E-state index is 11.1. The van der Waals surface area contributed by atoms with Crippen LogP contribution in [0.3, 0.4) is 0 Å². The highest BCUT2D eigenvalue weighted by Crippen LogP contribution is 2.43. The molecule has 1 saturated carbocycles. The number of hydrogen-bond donors (Lipinski definition) is 2. The lowest BCUT2D eigenvalue weighted by Crippen LogP contribution is -2.26. The molecule has 0 radical (unpaired) electrons. The zero-order chi connectivity index (χ0) is 23.5. The van der Waals surface area contributed by atoms with Crippen molar-refractivity contribution in [1.82, 2.24) is 19.9 Å². The third-order valence-corrected chi connectivity index (χ3v) is 6.23. The normalized spacial score (nSPS) is 17.6. The molecule has 0 aliphatic heterocycles. The largest absolute Gasteiger partial charge is 0.489 e. The minimum Gasteiger partial charge on any atom is -0.489 e. The van der Waals surface area contributed by atoms with E-state index in [1.54, 1.807) is 6.20 Å². The number of rotatable bonds is 7. The van der Waals surface area contributed by atoms with Crippen LogP contribution in [0.1, 0.15) is 31.4 Å². The van der Waals surface area contributed by atoms with E-state index in [-0.39, 0.29) is 5.91 Å². The predicted octanol–water partition coefficient (Wildman–Crippen LogP) is 4.86. The maximum absolute atomic E-state index is 11.1. The average molecular weight is 454 g/mol. The van der Waals surface area contributed by atoms with Gasteiger partial charge in [0.25, 0.3) is 0 Å². The number of benzene rings is 2. The van der Waals surface area contributed by atoms with E-state index < -0.39 is 0 Å². The molecule has 1 fully saturated rings. The van der Waals surface area contributed by atoms with Crippen LogP contribution in [0.15, 0.2) is 79.4 Å². The summed E-state index contributed by atoms with van der Waals surface area (Å²) in [7, 11) is 0. The first-order chi connectivity index (χ1) is 16.6. The highest BCUT2D eigenvalue weighted by molar-refractivity contribution is 6.00. The molecule has 2 heterocycles.